The van der Waals surface area contributed by atoms with Crippen LogP contribution in [-0.2, 0) is 0 Å². The molecule has 0 amide bonds. The lowest BCUT2D eigenvalue weighted by molar-refractivity contribution is 0.550. The van der Waals surface area contributed by atoms with Gasteiger partial charge >= 0.3 is 0 Å². The summed E-state index contributed by atoms with van der Waals surface area (Å²) in [6.07, 6.45) is 6.10. The van der Waals surface area contributed by atoms with Crippen molar-refractivity contribution in [1.82, 2.24) is 5.32 Å². The summed E-state index contributed by atoms with van der Waals surface area (Å²) in [6.45, 7) is 3.30. The number of halogens is 1. The van der Waals surface area contributed by atoms with Crippen LogP contribution in [0.25, 0.3) is 0 Å². The van der Waals surface area contributed by atoms with Crippen LogP contribution in [0.3, 0.4) is 0 Å². The summed E-state index contributed by atoms with van der Waals surface area (Å²) in [5.74, 6) is 1.29. The highest BCUT2D eigenvalue weighted by Gasteiger charge is 2.06. The van der Waals surface area contributed by atoms with E-state index in [2.05, 4.69) is 24.6 Å². The molecule has 1 aromatic rings. The van der Waals surface area contributed by atoms with Crippen LogP contribution >= 0.6 is 34.7 Å². The molecule has 1 rings (SSSR count). The summed E-state index contributed by atoms with van der Waals surface area (Å²) in [7, 11) is 0. The molecule has 1 unspecified atom stereocenters. The van der Waals surface area contributed by atoms with E-state index in [1.54, 1.807) is 11.3 Å². The zero-order valence-electron chi connectivity index (χ0n) is 9.96. The van der Waals surface area contributed by atoms with Crippen LogP contribution in [0.4, 0.5) is 0 Å². The Morgan fingerprint density at radius 3 is 2.81 bits per heavy atom. The lowest BCUT2D eigenvalue weighted by atomic mass is 10.2. The van der Waals surface area contributed by atoms with E-state index < -0.39 is 0 Å². The lowest BCUT2D eigenvalue weighted by Gasteiger charge is -2.11. The van der Waals surface area contributed by atoms with Crippen LogP contribution in [0, 0.1) is 0 Å². The minimum atomic E-state index is 0.429. The Balaban J connectivity index is 2.09. The van der Waals surface area contributed by atoms with Crippen molar-refractivity contribution in [3.63, 3.8) is 0 Å². The van der Waals surface area contributed by atoms with Crippen molar-refractivity contribution >= 4 is 34.7 Å². The van der Waals surface area contributed by atoms with Crippen molar-refractivity contribution in [3.05, 3.63) is 21.3 Å². The van der Waals surface area contributed by atoms with Gasteiger partial charge in [0.05, 0.1) is 4.34 Å². The molecule has 0 aromatic carbocycles. The third-order valence-electron chi connectivity index (χ3n) is 2.50. The predicted octanol–water partition coefficient (Wildman–Crippen LogP) is 4.59. The highest BCUT2D eigenvalue weighted by Crippen LogP contribution is 2.26. The van der Waals surface area contributed by atoms with E-state index in [0.717, 1.165) is 10.9 Å². The van der Waals surface area contributed by atoms with Crippen LogP contribution in [0.1, 0.15) is 37.1 Å². The Morgan fingerprint density at radius 1 is 1.38 bits per heavy atom. The topological polar surface area (TPSA) is 12.0 Å². The predicted molar refractivity (Wildman–Crippen MR) is 78.0 cm³/mol. The largest absolute Gasteiger partial charge is 0.309 e. The molecule has 0 aliphatic heterocycles. The van der Waals surface area contributed by atoms with Gasteiger partial charge in [0.2, 0.25) is 0 Å². The van der Waals surface area contributed by atoms with Gasteiger partial charge in [0.15, 0.2) is 0 Å². The number of thiophene rings is 1. The second kappa shape index (κ2) is 8.40. The third kappa shape index (κ3) is 5.58. The zero-order chi connectivity index (χ0) is 11.8. The van der Waals surface area contributed by atoms with Crippen molar-refractivity contribution in [1.29, 1.82) is 0 Å². The van der Waals surface area contributed by atoms with Gasteiger partial charge in [-0.15, -0.1) is 11.3 Å². The zero-order valence-corrected chi connectivity index (χ0v) is 12.4. The average molecular weight is 278 g/mol. The molecule has 0 spiro atoms. The van der Waals surface area contributed by atoms with Crippen molar-refractivity contribution in [2.75, 3.05) is 18.6 Å². The maximum Gasteiger partial charge on any atom is 0.0931 e. The van der Waals surface area contributed by atoms with E-state index >= 15 is 0 Å². The van der Waals surface area contributed by atoms with Gasteiger partial charge in [-0.25, -0.2) is 0 Å². The highest BCUT2D eigenvalue weighted by atomic mass is 35.5. The Kier molecular flexibility index (Phi) is 7.54. The fraction of sp³-hybridized carbons (Fsp3) is 0.667. The highest BCUT2D eigenvalue weighted by molar-refractivity contribution is 7.98. The summed E-state index contributed by atoms with van der Waals surface area (Å²) in [4.78, 5) is 1.33. The fourth-order valence-corrected chi connectivity index (χ4v) is 3.11. The van der Waals surface area contributed by atoms with Gasteiger partial charge in [0, 0.05) is 10.9 Å². The second-order valence-electron chi connectivity index (χ2n) is 3.87. The van der Waals surface area contributed by atoms with Gasteiger partial charge in [0.1, 0.15) is 0 Å². The Hall–Kier alpha value is 0.300. The molecule has 92 valence electrons. The first-order valence-corrected chi connectivity index (χ1v) is 8.30. The van der Waals surface area contributed by atoms with Gasteiger partial charge in [-0.3, -0.25) is 0 Å². The van der Waals surface area contributed by atoms with E-state index in [1.165, 1.54) is 29.9 Å². The first-order chi connectivity index (χ1) is 7.74. The van der Waals surface area contributed by atoms with Crippen molar-refractivity contribution in [3.8, 4) is 0 Å². The molecule has 0 bridgehead atoms. The van der Waals surface area contributed by atoms with E-state index in [1.807, 2.05) is 17.8 Å². The molecule has 16 heavy (non-hydrogen) atoms. The summed E-state index contributed by atoms with van der Waals surface area (Å²) in [6, 6.07) is 4.51. The average Bonchev–Trinajstić information content (AvgIpc) is 2.70. The molecule has 0 aliphatic rings. The van der Waals surface area contributed by atoms with Gasteiger partial charge in [-0.2, -0.15) is 11.8 Å². The molecule has 4 heteroatoms. The minimum absolute atomic E-state index is 0.429. The standard InChI is InChI=1S/C12H20ClNS2/c1-10(11-6-7-12(13)16-11)14-8-4-3-5-9-15-2/h6-7,10,14H,3-5,8-9H2,1-2H3. The summed E-state index contributed by atoms with van der Waals surface area (Å²) < 4.78 is 0.878. The Labute approximate surface area is 112 Å². The molecular formula is C12H20ClNS2. The van der Waals surface area contributed by atoms with Gasteiger partial charge < -0.3 is 5.32 Å². The Morgan fingerprint density at radius 2 is 2.19 bits per heavy atom. The van der Waals surface area contributed by atoms with Crippen molar-refractivity contribution in [2.24, 2.45) is 0 Å². The number of nitrogens with one attached hydrogen (secondary N) is 1. The smallest absolute Gasteiger partial charge is 0.0931 e. The number of thioether (sulfide) groups is 1. The number of hydrogen-bond acceptors (Lipinski definition) is 3. The number of rotatable bonds is 8. The molecule has 1 aromatic heterocycles. The van der Waals surface area contributed by atoms with Gasteiger partial charge in [0.25, 0.3) is 0 Å². The maximum absolute atomic E-state index is 5.91. The number of unbranched alkanes of at least 4 members (excludes halogenated alkanes) is 2. The Bertz CT molecular complexity index is 288. The van der Waals surface area contributed by atoms with Gasteiger partial charge in [-0.05, 0) is 50.5 Å². The fourth-order valence-electron chi connectivity index (χ4n) is 1.53. The molecule has 1 atom stereocenters. The molecule has 1 N–H and O–H groups in total. The minimum Gasteiger partial charge on any atom is -0.309 e. The molecule has 0 radical (unpaired) electrons. The molecule has 0 aliphatic carbocycles. The normalized spacial score (nSPS) is 12.9. The van der Waals surface area contributed by atoms with E-state index in [9.17, 15) is 0 Å². The monoisotopic (exact) mass is 277 g/mol. The molecule has 1 nitrogen and oxygen atoms in total. The van der Waals surface area contributed by atoms with Crippen LogP contribution in [0.2, 0.25) is 4.34 Å². The van der Waals surface area contributed by atoms with Crippen molar-refractivity contribution < 1.29 is 0 Å². The van der Waals surface area contributed by atoms with Crippen LogP contribution in [0.15, 0.2) is 12.1 Å². The van der Waals surface area contributed by atoms with Crippen molar-refractivity contribution in [2.45, 2.75) is 32.2 Å². The van der Waals surface area contributed by atoms with Gasteiger partial charge in [-0.1, -0.05) is 18.0 Å². The summed E-state index contributed by atoms with van der Waals surface area (Å²) in [5.41, 5.74) is 0. The maximum atomic E-state index is 5.91. The SMILES string of the molecule is CSCCCCCNC(C)c1ccc(Cl)s1. The lowest BCUT2D eigenvalue weighted by Crippen LogP contribution is -2.18. The third-order valence-corrected chi connectivity index (χ3v) is 4.61. The molecule has 0 fully saturated rings. The van der Waals surface area contributed by atoms with Crippen LogP contribution in [-0.4, -0.2) is 18.6 Å². The van der Waals surface area contributed by atoms with E-state index in [0.29, 0.717) is 6.04 Å². The number of hydrogen-bond donors (Lipinski definition) is 1. The first kappa shape index (κ1) is 14.4. The molecule has 0 saturated heterocycles. The van der Waals surface area contributed by atoms with E-state index in [4.69, 9.17) is 11.6 Å². The van der Waals surface area contributed by atoms with Crippen LogP contribution in [0.5, 0.6) is 0 Å². The first-order valence-electron chi connectivity index (χ1n) is 5.71. The van der Waals surface area contributed by atoms with E-state index in [-0.39, 0.29) is 0 Å². The molecule has 1 heterocycles. The molecular weight excluding hydrogens is 258 g/mol. The van der Waals surface area contributed by atoms with Crippen LogP contribution < -0.4 is 5.32 Å². The second-order valence-corrected chi connectivity index (χ2v) is 6.60. The summed E-state index contributed by atoms with van der Waals surface area (Å²) in [5, 5.41) is 3.53. The molecule has 0 saturated carbocycles. The summed E-state index contributed by atoms with van der Waals surface area (Å²) >= 11 is 9.51. The quantitative estimate of drug-likeness (QED) is 0.698.